The molecule has 0 radical (unpaired) electrons. The van der Waals surface area contributed by atoms with E-state index in [-0.39, 0.29) is 46.2 Å². The van der Waals surface area contributed by atoms with Gasteiger partial charge >= 0.3 is 12.2 Å². The Bertz CT molecular complexity index is 1730. The van der Waals surface area contributed by atoms with Gasteiger partial charge in [-0.15, -0.1) is 0 Å². The molecule has 1 amide bonds. The molecule has 4 aliphatic rings. The summed E-state index contributed by atoms with van der Waals surface area (Å²) in [5.41, 5.74) is 1.37. The number of amides is 1. The van der Waals surface area contributed by atoms with Crippen molar-refractivity contribution < 1.29 is 36.6 Å². The van der Waals surface area contributed by atoms with Crippen molar-refractivity contribution in [3.05, 3.63) is 54.4 Å². The molecule has 4 fully saturated rings. The van der Waals surface area contributed by atoms with Gasteiger partial charge in [-0.3, -0.25) is 4.79 Å². The molecule has 1 aromatic heterocycles. The monoisotopic (exact) mass is 697 g/mol. The number of benzene rings is 2. The number of hydrogen-bond acceptors (Lipinski definition) is 8. The molecular weight excluding hydrogens is 654 g/mol. The van der Waals surface area contributed by atoms with Crippen molar-refractivity contribution in [3.8, 4) is 22.9 Å². The highest BCUT2D eigenvalue weighted by atomic mass is 19.4. The molecule has 13 heteroatoms. The number of hydrogen-bond donors (Lipinski definition) is 0. The second-order valence-corrected chi connectivity index (χ2v) is 14.1. The lowest BCUT2D eigenvalue weighted by Crippen LogP contribution is -2.61. The number of anilines is 1. The highest BCUT2D eigenvalue weighted by Crippen LogP contribution is 2.52. The first-order chi connectivity index (χ1) is 24.1. The third-order valence-electron chi connectivity index (χ3n) is 10.6. The largest absolute Gasteiger partial charge is 0.481 e. The second-order valence-electron chi connectivity index (χ2n) is 14.1. The summed E-state index contributed by atoms with van der Waals surface area (Å²) in [7, 11) is 1.68. The molecule has 9 nitrogen and oxygen atoms in total. The molecule has 0 bridgehead atoms. The van der Waals surface area contributed by atoms with Crippen LogP contribution >= 0.6 is 0 Å². The van der Waals surface area contributed by atoms with E-state index in [1.165, 1.54) is 12.1 Å². The van der Waals surface area contributed by atoms with Gasteiger partial charge in [0, 0.05) is 74.9 Å². The van der Waals surface area contributed by atoms with Crippen LogP contribution in [0.3, 0.4) is 0 Å². The molecule has 50 heavy (non-hydrogen) atoms. The van der Waals surface area contributed by atoms with Gasteiger partial charge in [0.25, 0.3) is 0 Å². The summed E-state index contributed by atoms with van der Waals surface area (Å²) in [5.74, 6) is -0.129. The molecule has 7 rings (SSSR count). The van der Waals surface area contributed by atoms with Gasteiger partial charge in [0.1, 0.15) is 23.3 Å². The molecule has 0 N–H and O–H groups in total. The van der Waals surface area contributed by atoms with Crippen molar-refractivity contribution in [1.29, 1.82) is 0 Å². The Hall–Kier alpha value is -3.97. The number of likely N-dealkylation sites (tertiary alicyclic amines) is 2. The van der Waals surface area contributed by atoms with E-state index < -0.39 is 18.6 Å². The lowest BCUT2D eigenvalue weighted by molar-refractivity contribution is -0.153. The quantitative estimate of drug-likeness (QED) is 0.169. The van der Waals surface area contributed by atoms with E-state index in [0.29, 0.717) is 49.6 Å². The Morgan fingerprint density at radius 2 is 1.78 bits per heavy atom. The van der Waals surface area contributed by atoms with Crippen molar-refractivity contribution >= 4 is 22.6 Å². The van der Waals surface area contributed by atoms with Crippen LogP contribution in [-0.2, 0) is 9.53 Å². The van der Waals surface area contributed by atoms with Crippen LogP contribution in [0.1, 0.15) is 50.0 Å². The van der Waals surface area contributed by atoms with Crippen LogP contribution < -0.4 is 14.4 Å². The number of ether oxygens (including phenoxy) is 3. The summed E-state index contributed by atoms with van der Waals surface area (Å²) in [6, 6.07) is 8.09. The Morgan fingerprint density at radius 1 is 1.06 bits per heavy atom. The lowest BCUT2D eigenvalue weighted by Gasteiger charge is -2.54. The lowest BCUT2D eigenvalue weighted by atomic mass is 9.72. The van der Waals surface area contributed by atoms with Crippen molar-refractivity contribution in [3.63, 3.8) is 0 Å². The Morgan fingerprint density at radius 3 is 2.42 bits per heavy atom. The summed E-state index contributed by atoms with van der Waals surface area (Å²) < 4.78 is 74.2. The van der Waals surface area contributed by atoms with Gasteiger partial charge in [-0.25, -0.2) is 4.39 Å². The van der Waals surface area contributed by atoms with Crippen molar-refractivity contribution in [2.45, 2.75) is 56.7 Å². The van der Waals surface area contributed by atoms with E-state index in [1.807, 2.05) is 6.07 Å². The predicted octanol–water partition coefficient (Wildman–Crippen LogP) is 6.36. The van der Waals surface area contributed by atoms with Crippen molar-refractivity contribution in [2.24, 2.45) is 5.41 Å². The zero-order valence-corrected chi connectivity index (χ0v) is 28.3. The molecule has 268 valence electrons. The van der Waals surface area contributed by atoms with Gasteiger partial charge in [-0.1, -0.05) is 24.8 Å². The third-order valence-corrected chi connectivity index (χ3v) is 10.6. The number of fused-ring (bicyclic) bond motifs is 1. The number of carbonyl (C=O) groups excluding carboxylic acids is 1. The minimum Gasteiger partial charge on any atom is -0.481 e. The number of rotatable bonds is 11. The number of alkyl halides is 3. The number of nitrogens with zero attached hydrogens (tertiary/aromatic N) is 5. The van der Waals surface area contributed by atoms with Crippen LogP contribution in [0.15, 0.2) is 43.0 Å². The van der Waals surface area contributed by atoms with Crippen LogP contribution in [-0.4, -0.2) is 104 Å². The van der Waals surface area contributed by atoms with Crippen molar-refractivity contribution in [1.82, 2.24) is 19.8 Å². The van der Waals surface area contributed by atoms with E-state index in [2.05, 4.69) is 16.4 Å². The fraction of sp³-hybridized carbons (Fsp3) is 0.541. The summed E-state index contributed by atoms with van der Waals surface area (Å²) in [6.45, 7) is 7.70. The zero-order valence-electron chi connectivity index (χ0n) is 28.3. The van der Waals surface area contributed by atoms with Crippen LogP contribution in [0.4, 0.5) is 23.4 Å². The fourth-order valence-corrected chi connectivity index (χ4v) is 7.64. The number of aromatic nitrogens is 2. The molecule has 3 saturated heterocycles. The first-order valence-electron chi connectivity index (χ1n) is 17.4. The normalized spacial score (nSPS) is 19.9. The molecule has 3 aliphatic heterocycles. The maximum absolute atomic E-state index is 15.5. The number of piperidine rings is 2. The van der Waals surface area contributed by atoms with Crippen molar-refractivity contribution in [2.75, 3.05) is 71.0 Å². The van der Waals surface area contributed by atoms with Crippen LogP contribution in [0.25, 0.3) is 22.0 Å². The standard InChI is InChI=1S/C37H43F4N5O4/c1-3-30(47)46-21-36(22-46)12-16-45(17-13-36)34-28-20-27(24-8-9-24)31(26-6-4-5-7-29(26)38)33(49-23-37(39,40)41)32(28)42-35(43-34)50-25-10-14-44(15-11-25)18-19-48-2/h3-7,20,24-25H,1,8-19,21-23H2,2H3. The summed E-state index contributed by atoms with van der Waals surface area (Å²) in [6.07, 6.45) is 1.26. The van der Waals surface area contributed by atoms with Gasteiger partial charge in [0.05, 0.1) is 6.61 Å². The van der Waals surface area contributed by atoms with Crippen LogP contribution in [0.5, 0.6) is 11.8 Å². The van der Waals surface area contributed by atoms with Gasteiger partial charge in [0.2, 0.25) is 5.91 Å². The molecule has 0 unspecified atom stereocenters. The molecule has 1 aliphatic carbocycles. The molecule has 1 saturated carbocycles. The maximum Gasteiger partial charge on any atom is 0.422 e. The average Bonchev–Trinajstić information content (AvgIpc) is 3.94. The zero-order chi connectivity index (χ0) is 35.0. The smallest absolute Gasteiger partial charge is 0.422 e. The maximum atomic E-state index is 15.5. The third kappa shape index (κ3) is 7.25. The van der Waals surface area contributed by atoms with Gasteiger partial charge in [0.15, 0.2) is 12.4 Å². The molecule has 3 aromatic rings. The van der Waals surface area contributed by atoms with E-state index in [0.717, 1.165) is 63.7 Å². The van der Waals surface area contributed by atoms with E-state index in [1.54, 1.807) is 30.2 Å². The van der Waals surface area contributed by atoms with Crippen LogP contribution in [0.2, 0.25) is 0 Å². The topological polar surface area (TPSA) is 80.3 Å². The highest BCUT2D eigenvalue weighted by Gasteiger charge is 2.46. The molecule has 4 heterocycles. The Labute approximate surface area is 289 Å². The number of halogens is 4. The first kappa shape index (κ1) is 34.5. The minimum atomic E-state index is -4.63. The van der Waals surface area contributed by atoms with Gasteiger partial charge in [-0.05, 0) is 68.2 Å². The van der Waals surface area contributed by atoms with Gasteiger partial charge < -0.3 is 28.9 Å². The molecule has 0 atom stereocenters. The molecular formula is C37H43F4N5O4. The second kappa shape index (κ2) is 14.0. The van der Waals surface area contributed by atoms with E-state index in [4.69, 9.17) is 24.2 Å². The Balaban J connectivity index is 1.30. The fourth-order valence-electron chi connectivity index (χ4n) is 7.64. The van der Waals surface area contributed by atoms with Gasteiger partial charge in [-0.2, -0.15) is 23.1 Å². The van der Waals surface area contributed by atoms with E-state index in [9.17, 15) is 18.0 Å². The summed E-state index contributed by atoms with van der Waals surface area (Å²) in [5, 5.41) is 0.555. The first-order valence-corrected chi connectivity index (χ1v) is 17.4. The average molecular weight is 698 g/mol. The minimum absolute atomic E-state index is 0.00623. The molecule has 2 aromatic carbocycles. The molecule has 1 spiro atoms. The van der Waals surface area contributed by atoms with Crippen LogP contribution in [0, 0.1) is 11.2 Å². The number of carbonyl (C=O) groups is 1. The Kier molecular flexibility index (Phi) is 9.64. The highest BCUT2D eigenvalue weighted by molar-refractivity contribution is 6.00. The SMILES string of the molecule is C=CC(=O)N1CC2(CCN(c3nc(OC4CCN(CCOC)CC4)nc4c(OCC(F)(F)F)c(-c5ccccc5F)c(C5CC5)cc34)CC2)C1. The predicted molar refractivity (Wildman–Crippen MR) is 181 cm³/mol. The summed E-state index contributed by atoms with van der Waals surface area (Å²) in [4.78, 5) is 28.1. The number of methoxy groups -OCH3 is 1. The van der Waals surface area contributed by atoms with E-state index >= 15 is 4.39 Å². The summed E-state index contributed by atoms with van der Waals surface area (Å²) >= 11 is 0.